The van der Waals surface area contributed by atoms with Crippen LogP contribution in [0.25, 0.3) is 0 Å². The highest BCUT2D eigenvalue weighted by atomic mass is 16.5. The molecule has 7 heteroatoms. The summed E-state index contributed by atoms with van der Waals surface area (Å²) in [6.07, 6.45) is 0.909. The van der Waals surface area contributed by atoms with E-state index in [0.717, 1.165) is 52.4 Å². The number of hydrogen-bond acceptors (Lipinski definition) is 4. The summed E-state index contributed by atoms with van der Waals surface area (Å²) < 4.78 is 5.37. The number of nitrogens with zero attached hydrogens (tertiary/aromatic N) is 3. The van der Waals surface area contributed by atoms with E-state index in [1.165, 1.54) is 5.56 Å². The van der Waals surface area contributed by atoms with Crippen molar-refractivity contribution in [3.63, 3.8) is 0 Å². The van der Waals surface area contributed by atoms with Gasteiger partial charge in [0.25, 0.3) is 0 Å². The van der Waals surface area contributed by atoms with Crippen molar-refractivity contribution in [2.45, 2.75) is 6.42 Å². The largest absolute Gasteiger partial charge is 0.379 e. The number of benzene rings is 1. The number of aliphatic imine (C=N–C) groups is 1. The maximum atomic E-state index is 11.8. The average molecular weight is 361 g/mol. The van der Waals surface area contributed by atoms with Gasteiger partial charge in [0.15, 0.2) is 5.96 Å². The number of morpholine rings is 1. The lowest BCUT2D eigenvalue weighted by molar-refractivity contribution is -0.127. The number of rotatable bonds is 8. The zero-order chi connectivity index (χ0) is 18.6. The second-order valence-corrected chi connectivity index (χ2v) is 6.50. The predicted molar refractivity (Wildman–Crippen MR) is 104 cm³/mol. The summed E-state index contributed by atoms with van der Waals surface area (Å²) >= 11 is 0. The van der Waals surface area contributed by atoms with Gasteiger partial charge in [0.05, 0.1) is 13.2 Å². The summed E-state index contributed by atoms with van der Waals surface area (Å²) in [6.45, 7) is 6.16. The van der Waals surface area contributed by atoms with Crippen LogP contribution in [0.1, 0.15) is 5.56 Å². The number of carbonyl (C=O) groups excluding carboxylic acids is 1. The number of nitrogens with one attached hydrogen (secondary N) is 2. The van der Waals surface area contributed by atoms with E-state index < -0.39 is 0 Å². The molecule has 0 atom stereocenters. The van der Waals surface area contributed by atoms with Gasteiger partial charge in [-0.05, 0) is 12.0 Å². The second kappa shape index (κ2) is 11.5. The van der Waals surface area contributed by atoms with Gasteiger partial charge in [-0.25, -0.2) is 4.99 Å². The molecule has 1 fully saturated rings. The molecular weight excluding hydrogens is 330 g/mol. The standard InChI is InChI=1S/C19H31N5O2/c1-23(2)18(25)16-22-19(20-9-8-17-6-4-3-5-7-17)21-10-11-24-12-14-26-15-13-24/h3-7H,8-16H2,1-2H3,(H2,20,21,22). The zero-order valence-corrected chi connectivity index (χ0v) is 15.9. The van der Waals surface area contributed by atoms with Crippen molar-refractivity contribution in [3.8, 4) is 0 Å². The first kappa shape index (κ1) is 20.2. The van der Waals surface area contributed by atoms with E-state index in [4.69, 9.17) is 4.74 Å². The Hall–Kier alpha value is -2.12. The van der Waals surface area contributed by atoms with Crippen LogP contribution in [0.3, 0.4) is 0 Å². The molecule has 7 nitrogen and oxygen atoms in total. The molecule has 144 valence electrons. The Morgan fingerprint density at radius 2 is 1.85 bits per heavy atom. The van der Waals surface area contributed by atoms with Crippen LogP contribution < -0.4 is 10.6 Å². The fraction of sp³-hybridized carbons (Fsp3) is 0.579. The second-order valence-electron chi connectivity index (χ2n) is 6.50. The molecule has 1 saturated heterocycles. The van der Waals surface area contributed by atoms with Gasteiger partial charge in [0.2, 0.25) is 5.91 Å². The van der Waals surface area contributed by atoms with Crippen molar-refractivity contribution in [3.05, 3.63) is 35.9 Å². The normalized spacial score (nSPS) is 15.5. The molecule has 1 amide bonds. The highest BCUT2D eigenvalue weighted by molar-refractivity contribution is 5.84. The molecule has 0 radical (unpaired) electrons. The third kappa shape index (κ3) is 7.84. The summed E-state index contributed by atoms with van der Waals surface area (Å²) in [7, 11) is 3.48. The lowest BCUT2D eigenvalue weighted by Gasteiger charge is -2.26. The van der Waals surface area contributed by atoms with Crippen molar-refractivity contribution in [2.24, 2.45) is 4.99 Å². The number of hydrogen-bond donors (Lipinski definition) is 2. The van der Waals surface area contributed by atoms with Crippen molar-refractivity contribution < 1.29 is 9.53 Å². The maximum absolute atomic E-state index is 11.8. The monoisotopic (exact) mass is 361 g/mol. The minimum absolute atomic E-state index is 0.0117. The van der Waals surface area contributed by atoms with Crippen LogP contribution in [-0.2, 0) is 16.0 Å². The Kier molecular flexibility index (Phi) is 8.92. The van der Waals surface area contributed by atoms with Crippen LogP contribution in [0, 0.1) is 0 Å². The molecule has 26 heavy (non-hydrogen) atoms. The van der Waals surface area contributed by atoms with Crippen molar-refractivity contribution in [2.75, 3.05) is 66.6 Å². The van der Waals surface area contributed by atoms with Crippen LogP contribution in [-0.4, -0.2) is 88.2 Å². The molecule has 1 aliphatic heterocycles. The lowest BCUT2D eigenvalue weighted by atomic mass is 10.1. The molecule has 0 aromatic heterocycles. The van der Waals surface area contributed by atoms with Crippen LogP contribution in [0.15, 0.2) is 35.3 Å². The van der Waals surface area contributed by atoms with Crippen molar-refractivity contribution >= 4 is 11.9 Å². The minimum Gasteiger partial charge on any atom is -0.379 e. The van der Waals surface area contributed by atoms with Crippen LogP contribution >= 0.6 is 0 Å². The van der Waals surface area contributed by atoms with E-state index in [1.54, 1.807) is 19.0 Å². The number of guanidine groups is 1. The van der Waals surface area contributed by atoms with Gasteiger partial charge < -0.3 is 20.3 Å². The molecule has 1 aromatic rings. The highest BCUT2D eigenvalue weighted by Crippen LogP contribution is 1.98. The summed E-state index contributed by atoms with van der Waals surface area (Å²) in [6, 6.07) is 10.3. The molecule has 0 aliphatic carbocycles. The molecule has 0 saturated carbocycles. The molecule has 0 bridgehead atoms. The first-order chi connectivity index (χ1) is 12.6. The van der Waals surface area contributed by atoms with Crippen molar-refractivity contribution in [1.82, 2.24) is 20.4 Å². The van der Waals surface area contributed by atoms with Gasteiger partial charge in [-0.15, -0.1) is 0 Å². The van der Waals surface area contributed by atoms with Gasteiger partial charge >= 0.3 is 0 Å². The minimum atomic E-state index is -0.0117. The number of ether oxygens (including phenoxy) is 1. The van der Waals surface area contributed by atoms with Crippen LogP contribution in [0.5, 0.6) is 0 Å². The summed E-state index contributed by atoms with van der Waals surface area (Å²) in [5.74, 6) is 0.673. The predicted octanol–water partition coefficient (Wildman–Crippen LogP) is 0.185. The van der Waals surface area contributed by atoms with Gasteiger partial charge in [0, 0.05) is 46.8 Å². The number of likely N-dealkylation sites (N-methyl/N-ethyl adjacent to an activating group) is 1. The summed E-state index contributed by atoms with van der Waals surface area (Å²) in [5, 5.41) is 6.66. The first-order valence-corrected chi connectivity index (χ1v) is 9.21. The van der Waals surface area contributed by atoms with E-state index in [1.807, 2.05) is 18.2 Å². The van der Waals surface area contributed by atoms with Gasteiger partial charge in [-0.3, -0.25) is 9.69 Å². The molecule has 1 aliphatic rings. The molecule has 1 aromatic carbocycles. The van der Waals surface area contributed by atoms with Gasteiger partial charge in [0.1, 0.15) is 6.54 Å². The average Bonchev–Trinajstić information content (AvgIpc) is 2.67. The SMILES string of the molecule is CN(C)C(=O)CN=C(NCCc1ccccc1)NCCN1CCOCC1. The first-order valence-electron chi connectivity index (χ1n) is 9.21. The Morgan fingerprint density at radius 1 is 1.15 bits per heavy atom. The van der Waals surface area contributed by atoms with Crippen molar-refractivity contribution in [1.29, 1.82) is 0 Å². The smallest absolute Gasteiger partial charge is 0.243 e. The van der Waals surface area contributed by atoms with Gasteiger partial charge in [-0.2, -0.15) is 0 Å². The lowest BCUT2D eigenvalue weighted by Crippen LogP contribution is -2.45. The molecule has 2 rings (SSSR count). The van der Waals surface area contributed by atoms with Gasteiger partial charge in [-0.1, -0.05) is 30.3 Å². The Labute approximate surface area is 156 Å². The third-order valence-electron chi connectivity index (χ3n) is 4.24. The quantitative estimate of drug-likeness (QED) is 0.511. The Morgan fingerprint density at radius 3 is 2.54 bits per heavy atom. The van der Waals surface area contributed by atoms with Crippen LogP contribution in [0.4, 0.5) is 0 Å². The Balaban J connectivity index is 1.79. The fourth-order valence-corrected chi connectivity index (χ4v) is 2.59. The Bertz CT molecular complexity index is 556. The van der Waals surface area contributed by atoms with Crippen LogP contribution in [0.2, 0.25) is 0 Å². The molecule has 2 N–H and O–H groups in total. The highest BCUT2D eigenvalue weighted by Gasteiger charge is 2.10. The summed E-state index contributed by atoms with van der Waals surface area (Å²) in [4.78, 5) is 20.1. The molecule has 0 unspecified atom stereocenters. The molecular formula is C19H31N5O2. The molecule has 1 heterocycles. The maximum Gasteiger partial charge on any atom is 0.243 e. The van der Waals surface area contributed by atoms with E-state index in [9.17, 15) is 4.79 Å². The fourth-order valence-electron chi connectivity index (χ4n) is 2.59. The third-order valence-corrected chi connectivity index (χ3v) is 4.24. The number of amides is 1. The molecule has 0 spiro atoms. The van der Waals surface area contributed by atoms with E-state index >= 15 is 0 Å². The number of carbonyl (C=O) groups is 1. The summed E-state index contributed by atoms with van der Waals surface area (Å²) in [5.41, 5.74) is 1.28. The zero-order valence-electron chi connectivity index (χ0n) is 15.9. The van der Waals surface area contributed by atoms with E-state index in [-0.39, 0.29) is 12.5 Å². The van der Waals surface area contributed by atoms with E-state index in [2.05, 4.69) is 32.7 Å². The van der Waals surface area contributed by atoms with E-state index in [0.29, 0.717) is 5.96 Å². The topological polar surface area (TPSA) is 69.2 Å².